The van der Waals surface area contributed by atoms with Gasteiger partial charge < -0.3 is 10.1 Å². The van der Waals surface area contributed by atoms with Gasteiger partial charge in [0.05, 0.1) is 18.9 Å². The van der Waals surface area contributed by atoms with E-state index in [0.29, 0.717) is 17.9 Å². The summed E-state index contributed by atoms with van der Waals surface area (Å²) in [6, 6.07) is 7.21. The lowest BCUT2D eigenvalue weighted by Gasteiger charge is -2.08. The van der Waals surface area contributed by atoms with E-state index in [9.17, 15) is 4.79 Å². The van der Waals surface area contributed by atoms with Crippen LogP contribution >= 0.6 is 0 Å². The minimum Gasteiger partial charge on any atom is -0.496 e. The lowest BCUT2D eigenvalue weighted by molar-refractivity contribution is 0.0950. The molecule has 2 rings (SSSR count). The number of ether oxygens (including phenoxy) is 1. The van der Waals surface area contributed by atoms with E-state index >= 15 is 0 Å². The molecule has 0 aliphatic rings. The van der Waals surface area contributed by atoms with Crippen LogP contribution in [0.1, 0.15) is 28.0 Å². The molecule has 2 aromatic rings. The maximum Gasteiger partial charge on any atom is 0.255 e. The van der Waals surface area contributed by atoms with Crippen LogP contribution in [0.3, 0.4) is 0 Å². The van der Waals surface area contributed by atoms with Gasteiger partial charge in [0, 0.05) is 12.2 Å². The van der Waals surface area contributed by atoms with Gasteiger partial charge in [-0.15, -0.1) is 0 Å². The molecule has 0 saturated heterocycles. The average molecular weight is 273 g/mol. The summed E-state index contributed by atoms with van der Waals surface area (Å²) in [5.41, 5.74) is 2.84. The van der Waals surface area contributed by atoms with E-state index in [0.717, 1.165) is 18.5 Å². The van der Waals surface area contributed by atoms with E-state index < -0.39 is 0 Å². The van der Waals surface area contributed by atoms with Crippen molar-refractivity contribution in [3.05, 3.63) is 47.3 Å². The highest BCUT2D eigenvalue weighted by molar-refractivity contribution is 5.96. The topological polar surface area (TPSA) is 67.0 Å². The molecule has 0 atom stereocenters. The van der Waals surface area contributed by atoms with Crippen LogP contribution in [0.15, 0.2) is 30.5 Å². The molecule has 20 heavy (non-hydrogen) atoms. The zero-order valence-electron chi connectivity index (χ0n) is 11.8. The Bertz CT molecular complexity index is 578. The molecule has 106 valence electrons. The number of para-hydroxylation sites is 1. The van der Waals surface area contributed by atoms with Gasteiger partial charge in [-0.05, 0) is 37.5 Å². The van der Waals surface area contributed by atoms with Crippen LogP contribution in [0, 0.1) is 6.92 Å². The molecule has 5 nitrogen and oxygen atoms in total. The number of aryl methyl sites for hydroxylation is 2. The fraction of sp³-hybridized carbons (Fsp3) is 0.333. The smallest absolute Gasteiger partial charge is 0.255 e. The summed E-state index contributed by atoms with van der Waals surface area (Å²) in [6.45, 7) is 2.62. The SMILES string of the molecule is COc1ccccc1C(=O)NCCCc1cn[nH]c1C. The highest BCUT2D eigenvalue weighted by atomic mass is 16.5. The Morgan fingerprint density at radius 3 is 2.90 bits per heavy atom. The van der Waals surface area contributed by atoms with Gasteiger partial charge in [0.25, 0.3) is 5.91 Å². The van der Waals surface area contributed by atoms with Gasteiger partial charge in [-0.25, -0.2) is 0 Å². The number of carbonyl (C=O) groups excluding carboxylic acids is 1. The van der Waals surface area contributed by atoms with Gasteiger partial charge >= 0.3 is 0 Å². The molecule has 5 heteroatoms. The van der Waals surface area contributed by atoms with Gasteiger partial charge in [-0.3, -0.25) is 9.89 Å². The van der Waals surface area contributed by atoms with E-state index in [-0.39, 0.29) is 5.91 Å². The Kier molecular flexibility index (Phi) is 4.76. The summed E-state index contributed by atoms with van der Waals surface area (Å²) in [6.07, 6.45) is 3.60. The lowest BCUT2D eigenvalue weighted by atomic mass is 10.1. The van der Waals surface area contributed by atoms with Crippen LogP contribution in [0.2, 0.25) is 0 Å². The molecule has 1 amide bonds. The highest BCUT2D eigenvalue weighted by Gasteiger charge is 2.10. The summed E-state index contributed by atoms with van der Waals surface area (Å²) in [5.74, 6) is 0.488. The van der Waals surface area contributed by atoms with Crippen molar-refractivity contribution in [2.45, 2.75) is 19.8 Å². The number of hydrogen-bond acceptors (Lipinski definition) is 3. The van der Waals surface area contributed by atoms with Gasteiger partial charge in [-0.2, -0.15) is 5.10 Å². The van der Waals surface area contributed by atoms with Crippen molar-refractivity contribution in [1.29, 1.82) is 0 Å². The first-order valence-electron chi connectivity index (χ1n) is 6.62. The van der Waals surface area contributed by atoms with E-state index in [4.69, 9.17) is 4.74 Å². The number of nitrogens with one attached hydrogen (secondary N) is 2. The molecule has 1 aromatic heterocycles. The first-order valence-corrected chi connectivity index (χ1v) is 6.62. The van der Waals surface area contributed by atoms with E-state index in [1.165, 1.54) is 5.56 Å². The number of aromatic nitrogens is 2. The van der Waals surface area contributed by atoms with E-state index in [2.05, 4.69) is 15.5 Å². The maximum atomic E-state index is 12.0. The zero-order valence-corrected chi connectivity index (χ0v) is 11.8. The van der Waals surface area contributed by atoms with Gasteiger partial charge in [0.2, 0.25) is 0 Å². The molecule has 1 aromatic carbocycles. The van der Waals surface area contributed by atoms with Crippen molar-refractivity contribution < 1.29 is 9.53 Å². The second-order valence-corrected chi connectivity index (χ2v) is 4.58. The standard InChI is InChI=1S/C15H19N3O2/c1-11-12(10-17-18-11)6-5-9-16-15(19)13-7-3-4-8-14(13)20-2/h3-4,7-8,10H,5-6,9H2,1-2H3,(H,16,19)(H,17,18). The Morgan fingerprint density at radius 1 is 1.40 bits per heavy atom. The number of rotatable bonds is 6. The monoisotopic (exact) mass is 273 g/mol. The van der Waals surface area contributed by atoms with Crippen LogP contribution < -0.4 is 10.1 Å². The summed E-state index contributed by atoms with van der Waals surface area (Å²) in [4.78, 5) is 12.0. The first kappa shape index (κ1) is 14.1. The molecule has 0 saturated carbocycles. The fourth-order valence-electron chi connectivity index (χ4n) is 2.04. The number of aromatic amines is 1. The third-order valence-corrected chi connectivity index (χ3v) is 3.19. The van der Waals surface area contributed by atoms with Gasteiger partial charge in [0.15, 0.2) is 0 Å². The van der Waals surface area contributed by atoms with Crippen molar-refractivity contribution in [3.8, 4) is 5.75 Å². The van der Waals surface area contributed by atoms with E-state index in [1.54, 1.807) is 19.2 Å². The third kappa shape index (κ3) is 3.38. The molecular weight excluding hydrogens is 254 g/mol. The van der Waals surface area contributed by atoms with Gasteiger partial charge in [0.1, 0.15) is 5.75 Å². The average Bonchev–Trinajstić information content (AvgIpc) is 2.88. The van der Waals surface area contributed by atoms with Crippen LogP contribution in [-0.4, -0.2) is 29.8 Å². The van der Waals surface area contributed by atoms with Crippen LogP contribution in [0.5, 0.6) is 5.75 Å². The summed E-state index contributed by atoms with van der Waals surface area (Å²) in [5, 5.41) is 9.79. The molecule has 0 aliphatic carbocycles. The van der Waals surface area contributed by atoms with Crippen molar-refractivity contribution in [2.75, 3.05) is 13.7 Å². The molecule has 0 bridgehead atoms. The van der Waals surface area contributed by atoms with Crippen molar-refractivity contribution in [1.82, 2.24) is 15.5 Å². The molecule has 0 spiro atoms. The highest BCUT2D eigenvalue weighted by Crippen LogP contribution is 2.16. The molecule has 0 fully saturated rings. The molecule has 0 aliphatic heterocycles. The summed E-state index contributed by atoms with van der Waals surface area (Å²) in [7, 11) is 1.56. The van der Waals surface area contributed by atoms with Crippen molar-refractivity contribution in [3.63, 3.8) is 0 Å². The number of carbonyl (C=O) groups is 1. The van der Waals surface area contributed by atoms with Crippen LogP contribution in [0.4, 0.5) is 0 Å². The van der Waals surface area contributed by atoms with Crippen molar-refractivity contribution in [2.24, 2.45) is 0 Å². The normalized spacial score (nSPS) is 10.3. The Morgan fingerprint density at radius 2 is 2.20 bits per heavy atom. The molecule has 1 heterocycles. The van der Waals surface area contributed by atoms with Crippen LogP contribution in [-0.2, 0) is 6.42 Å². The Balaban J connectivity index is 1.82. The second kappa shape index (κ2) is 6.75. The predicted octanol–water partition coefficient (Wildman–Crippen LogP) is 2.09. The molecule has 0 unspecified atom stereocenters. The Labute approximate surface area is 118 Å². The number of methoxy groups -OCH3 is 1. The second-order valence-electron chi connectivity index (χ2n) is 4.58. The maximum absolute atomic E-state index is 12.0. The van der Waals surface area contributed by atoms with Crippen LogP contribution in [0.25, 0.3) is 0 Å². The fourth-order valence-corrected chi connectivity index (χ4v) is 2.04. The minimum absolute atomic E-state index is 0.105. The number of H-pyrrole nitrogens is 1. The summed E-state index contributed by atoms with van der Waals surface area (Å²) < 4.78 is 5.17. The Hall–Kier alpha value is -2.30. The number of amides is 1. The quantitative estimate of drug-likeness (QED) is 0.792. The third-order valence-electron chi connectivity index (χ3n) is 3.19. The molecule has 2 N–H and O–H groups in total. The first-order chi connectivity index (χ1) is 9.72. The van der Waals surface area contributed by atoms with Crippen molar-refractivity contribution >= 4 is 5.91 Å². The lowest BCUT2D eigenvalue weighted by Crippen LogP contribution is -2.25. The number of benzene rings is 1. The minimum atomic E-state index is -0.105. The zero-order chi connectivity index (χ0) is 14.4. The molecule has 0 radical (unpaired) electrons. The largest absolute Gasteiger partial charge is 0.496 e. The predicted molar refractivity (Wildman–Crippen MR) is 77.0 cm³/mol. The van der Waals surface area contributed by atoms with E-state index in [1.807, 2.05) is 25.3 Å². The van der Waals surface area contributed by atoms with Gasteiger partial charge in [-0.1, -0.05) is 12.1 Å². The number of nitrogens with zero attached hydrogens (tertiary/aromatic N) is 1. The molecular formula is C15H19N3O2. The summed E-state index contributed by atoms with van der Waals surface area (Å²) >= 11 is 0. The number of hydrogen-bond donors (Lipinski definition) is 2.